The zero-order valence-electron chi connectivity index (χ0n) is 19.0. The summed E-state index contributed by atoms with van der Waals surface area (Å²) in [5, 5.41) is 35.8. The molecule has 0 aliphatic carbocycles. The molecule has 10 nitrogen and oxygen atoms in total. The lowest BCUT2D eigenvalue weighted by Gasteiger charge is -2.18. The van der Waals surface area contributed by atoms with E-state index in [1.54, 1.807) is 0 Å². The van der Waals surface area contributed by atoms with E-state index >= 15 is 0 Å². The second-order valence-electron chi connectivity index (χ2n) is 7.38. The molecule has 0 bridgehead atoms. The first-order valence-corrected chi connectivity index (χ1v) is 9.92. The first-order chi connectivity index (χ1) is 19.4. The van der Waals surface area contributed by atoms with E-state index in [4.69, 9.17) is 20.4 Å². The van der Waals surface area contributed by atoms with E-state index in [-0.39, 0.29) is 0 Å². The standard InChI is InChI=1S/C22H4F10O10/c23-5-1(19(33)34)3(21(37)38)7(25)15(11(5)29)41-17-13(31)9(27)10(28)14(32)18(17)42-16-8(26)4(22(39)40)2(20(35)36)6(24)12(16)30/h(H,33,34)(H,35,36)(H,37,38)(H,39,40). The quantitative estimate of drug-likeness (QED) is 0.145. The van der Waals surface area contributed by atoms with Crippen LogP contribution in [0.25, 0.3) is 0 Å². The predicted molar refractivity (Wildman–Crippen MR) is 107 cm³/mol. The molecule has 0 amide bonds. The number of carbonyl (C=O) groups is 4. The Morgan fingerprint density at radius 1 is 0.333 bits per heavy atom. The molecule has 3 rings (SSSR count). The minimum atomic E-state index is -2.93. The zero-order valence-corrected chi connectivity index (χ0v) is 19.0. The predicted octanol–water partition coefficient (Wildman–Crippen LogP) is 5.46. The van der Waals surface area contributed by atoms with Crippen LogP contribution in [0.5, 0.6) is 23.0 Å². The molecule has 0 aromatic heterocycles. The van der Waals surface area contributed by atoms with Gasteiger partial charge in [-0.15, -0.1) is 0 Å². The largest absolute Gasteiger partial charge is 0.478 e. The fourth-order valence-electron chi connectivity index (χ4n) is 3.24. The maximum Gasteiger partial charge on any atom is 0.339 e. The SMILES string of the molecule is O=C(O)c1c(F)c(F)c(Oc2c(F)c(F)c(F)c(F)c2Oc2c(F)c(F)c(C(=O)O)c(C(=O)O)c2F)c(F)c1C(=O)O. The topological polar surface area (TPSA) is 168 Å². The highest BCUT2D eigenvalue weighted by Crippen LogP contribution is 2.45. The summed E-state index contributed by atoms with van der Waals surface area (Å²) in [6.45, 7) is 0. The summed E-state index contributed by atoms with van der Waals surface area (Å²) in [5.41, 5.74) is -8.82. The minimum absolute atomic E-state index is 2.18. The molecule has 0 spiro atoms. The van der Waals surface area contributed by atoms with Gasteiger partial charge in [0.15, 0.2) is 23.3 Å². The second kappa shape index (κ2) is 10.8. The number of hydrogen-bond donors (Lipinski definition) is 4. The summed E-state index contributed by atoms with van der Waals surface area (Å²) in [5.74, 6) is -48.7. The third kappa shape index (κ3) is 4.71. The molecule has 20 heteroatoms. The number of aromatic carboxylic acids is 4. The lowest BCUT2D eigenvalue weighted by atomic mass is 10.0. The summed E-state index contributed by atoms with van der Waals surface area (Å²) in [4.78, 5) is 44.8. The van der Waals surface area contributed by atoms with Gasteiger partial charge < -0.3 is 29.9 Å². The molecule has 3 aromatic rings. The minimum Gasteiger partial charge on any atom is -0.478 e. The Morgan fingerprint density at radius 2 is 0.548 bits per heavy atom. The van der Waals surface area contributed by atoms with E-state index in [0.29, 0.717) is 0 Å². The highest BCUT2D eigenvalue weighted by atomic mass is 19.2. The van der Waals surface area contributed by atoms with E-state index in [2.05, 4.69) is 9.47 Å². The van der Waals surface area contributed by atoms with Crippen molar-refractivity contribution >= 4 is 23.9 Å². The molecule has 222 valence electrons. The van der Waals surface area contributed by atoms with Crippen LogP contribution in [0.2, 0.25) is 0 Å². The van der Waals surface area contributed by atoms with Crippen LogP contribution in [0, 0.1) is 58.2 Å². The Balaban J connectivity index is 2.42. The number of carboxylic acid groups (broad SMARTS) is 4. The van der Waals surface area contributed by atoms with Gasteiger partial charge in [-0.25, -0.2) is 45.5 Å². The Labute approximate surface area is 221 Å². The van der Waals surface area contributed by atoms with E-state index < -0.39 is 127 Å². The number of rotatable bonds is 8. The van der Waals surface area contributed by atoms with Crippen LogP contribution >= 0.6 is 0 Å². The Kier molecular flexibility index (Phi) is 7.95. The molecule has 42 heavy (non-hydrogen) atoms. The lowest BCUT2D eigenvalue weighted by Crippen LogP contribution is -2.17. The van der Waals surface area contributed by atoms with Gasteiger partial charge >= 0.3 is 23.9 Å². The van der Waals surface area contributed by atoms with Crippen molar-refractivity contribution in [2.24, 2.45) is 0 Å². The maximum atomic E-state index is 14.8. The molecule has 0 atom stereocenters. The summed E-state index contributed by atoms with van der Waals surface area (Å²) in [7, 11) is 0. The number of benzene rings is 3. The third-order valence-corrected chi connectivity index (χ3v) is 5.01. The number of hydrogen-bond acceptors (Lipinski definition) is 6. The second-order valence-corrected chi connectivity index (χ2v) is 7.38. The van der Waals surface area contributed by atoms with Crippen LogP contribution in [0.15, 0.2) is 0 Å². The Morgan fingerprint density at radius 3 is 0.786 bits per heavy atom. The highest BCUT2D eigenvalue weighted by molar-refractivity contribution is 6.03. The fourth-order valence-corrected chi connectivity index (χ4v) is 3.24. The van der Waals surface area contributed by atoms with Crippen molar-refractivity contribution in [3.63, 3.8) is 0 Å². The number of halogens is 10. The van der Waals surface area contributed by atoms with Crippen molar-refractivity contribution in [3.8, 4) is 23.0 Å². The van der Waals surface area contributed by atoms with E-state index in [1.807, 2.05) is 0 Å². The monoisotopic (exact) mass is 618 g/mol. The smallest absolute Gasteiger partial charge is 0.339 e. The van der Waals surface area contributed by atoms with Crippen molar-refractivity contribution in [3.05, 3.63) is 80.4 Å². The van der Waals surface area contributed by atoms with Crippen LogP contribution in [-0.2, 0) is 0 Å². The maximum absolute atomic E-state index is 14.8. The van der Waals surface area contributed by atoms with E-state index in [1.165, 1.54) is 0 Å². The van der Waals surface area contributed by atoms with Crippen molar-refractivity contribution in [1.82, 2.24) is 0 Å². The fraction of sp³-hybridized carbons (Fsp3) is 0. The van der Waals surface area contributed by atoms with E-state index in [0.717, 1.165) is 0 Å². The summed E-state index contributed by atoms with van der Waals surface area (Å²) in [6.07, 6.45) is 0. The molecular weight excluding hydrogens is 614 g/mol. The average Bonchev–Trinajstić information content (AvgIpc) is 2.89. The number of carboxylic acids is 4. The van der Waals surface area contributed by atoms with Crippen LogP contribution < -0.4 is 9.47 Å². The first kappa shape index (κ1) is 31.0. The van der Waals surface area contributed by atoms with Gasteiger partial charge in [0, 0.05) is 0 Å². The van der Waals surface area contributed by atoms with Gasteiger partial charge in [-0.2, -0.15) is 17.6 Å². The third-order valence-electron chi connectivity index (χ3n) is 5.01. The molecule has 4 N–H and O–H groups in total. The van der Waals surface area contributed by atoms with Crippen LogP contribution in [0.1, 0.15) is 41.4 Å². The van der Waals surface area contributed by atoms with Crippen molar-refractivity contribution in [1.29, 1.82) is 0 Å². The highest BCUT2D eigenvalue weighted by Gasteiger charge is 2.38. The molecule has 0 saturated carbocycles. The molecular formula is C22H4F10O10. The number of ether oxygens (including phenoxy) is 2. The molecule has 0 unspecified atom stereocenters. The van der Waals surface area contributed by atoms with Crippen molar-refractivity contribution in [2.75, 3.05) is 0 Å². The van der Waals surface area contributed by atoms with Crippen molar-refractivity contribution < 1.29 is 93.0 Å². The first-order valence-electron chi connectivity index (χ1n) is 9.92. The molecule has 0 aliphatic heterocycles. The van der Waals surface area contributed by atoms with Gasteiger partial charge in [-0.05, 0) is 0 Å². The Bertz CT molecular complexity index is 1630. The zero-order chi connectivity index (χ0) is 32.1. The molecule has 0 radical (unpaired) electrons. The molecule has 0 saturated heterocycles. The van der Waals surface area contributed by atoms with Crippen molar-refractivity contribution in [2.45, 2.75) is 0 Å². The van der Waals surface area contributed by atoms with Gasteiger partial charge in [0.25, 0.3) is 0 Å². The average molecular weight is 618 g/mol. The van der Waals surface area contributed by atoms with Crippen LogP contribution in [0.4, 0.5) is 43.9 Å². The molecule has 0 aliphatic rings. The van der Waals surface area contributed by atoms with Gasteiger partial charge in [-0.3, -0.25) is 0 Å². The van der Waals surface area contributed by atoms with Gasteiger partial charge in [-0.1, -0.05) is 0 Å². The lowest BCUT2D eigenvalue weighted by molar-refractivity contribution is 0.0640. The normalized spacial score (nSPS) is 10.9. The molecule has 0 heterocycles. The van der Waals surface area contributed by atoms with Gasteiger partial charge in [0.2, 0.25) is 57.9 Å². The molecule has 0 fully saturated rings. The van der Waals surface area contributed by atoms with Gasteiger partial charge in [0.05, 0.1) is 0 Å². The van der Waals surface area contributed by atoms with Gasteiger partial charge in [0.1, 0.15) is 22.3 Å². The molecule has 3 aromatic carbocycles. The van der Waals surface area contributed by atoms with Crippen LogP contribution in [0.3, 0.4) is 0 Å². The Hall–Kier alpha value is -5.56. The van der Waals surface area contributed by atoms with Crippen LogP contribution in [-0.4, -0.2) is 44.3 Å². The van der Waals surface area contributed by atoms with E-state index in [9.17, 15) is 63.1 Å². The summed E-state index contributed by atoms with van der Waals surface area (Å²) < 4.78 is 153. The summed E-state index contributed by atoms with van der Waals surface area (Å²) in [6, 6.07) is 0. The summed E-state index contributed by atoms with van der Waals surface area (Å²) >= 11 is 0.